The number of nitrogens with zero attached hydrogens (tertiary/aromatic N) is 3. The number of piperidine rings is 1. The van der Waals surface area contributed by atoms with Gasteiger partial charge in [0.2, 0.25) is 0 Å². The van der Waals surface area contributed by atoms with Gasteiger partial charge in [-0.15, -0.1) is 0 Å². The summed E-state index contributed by atoms with van der Waals surface area (Å²) < 4.78 is 5.36. The highest BCUT2D eigenvalue weighted by Crippen LogP contribution is 2.36. The third-order valence-electron chi connectivity index (χ3n) is 5.29. The SMILES string of the molecule is O=C(O)[C@]1(Cc2ccccc2)CN(c2noc(-c3ccccc3)n2)CC[C@H]1O. The first kappa shape index (κ1) is 18.2. The van der Waals surface area contributed by atoms with Crippen LogP contribution in [-0.4, -0.2) is 45.5 Å². The molecule has 144 valence electrons. The molecule has 2 aromatic carbocycles. The second kappa shape index (κ2) is 7.44. The molecule has 1 aliphatic heterocycles. The first-order valence-corrected chi connectivity index (χ1v) is 9.18. The molecule has 0 unspecified atom stereocenters. The van der Waals surface area contributed by atoms with Crippen molar-refractivity contribution in [1.29, 1.82) is 0 Å². The number of aliphatic carboxylic acids is 1. The molecule has 28 heavy (non-hydrogen) atoms. The average molecular weight is 379 g/mol. The second-order valence-electron chi connectivity index (χ2n) is 7.12. The van der Waals surface area contributed by atoms with Gasteiger partial charge in [-0.1, -0.05) is 48.5 Å². The van der Waals surface area contributed by atoms with E-state index in [0.717, 1.165) is 11.1 Å². The summed E-state index contributed by atoms with van der Waals surface area (Å²) in [6, 6.07) is 18.8. The molecule has 0 spiro atoms. The summed E-state index contributed by atoms with van der Waals surface area (Å²) in [4.78, 5) is 18.5. The summed E-state index contributed by atoms with van der Waals surface area (Å²) in [6.07, 6.45) is -0.416. The van der Waals surface area contributed by atoms with Crippen LogP contribution in [0.25, 0.3) is 11.5 Å². The lowest BCUT2D eigenvalue weighted by atomic mass is 9.73. The van der Waals surface area contributed by atoms with E-state index in [1.807, 2.05) is 60.7 Å². The Bertz CT molecular complexity index is 945. The number of carboxylic acids is 1. The minimum absolute atomic E-state index is 0.103. The number of hydrogen-bond acceptors (Lipinski definition) is 6. The van der Waals surface area contributed by atoms with E-state index in [1.165, 1.54) is 0 Å². The molecule has 1 aromatic heterocycles. The first-order chi connectivity index (χ1) is 13.6. The van der Waals surface area contributed by atoms with Crippen LogP contribution in [0.3, 0.4) is 0 Å². The van der Waals surface area contributed by atoms with Crippen LogP contribution in [0.4, 0.5) is 5.95 Å². The second-order valence-corrected chi connectivity index (χ2v) is 7.12. The Kier molecular flexibility index (Phi) is 4.83. The Morgan fingerprint density at radius 2 is 1.82 bits per heavy atom. The highest BCUT2D eigenvalue weighted by atomic mass is 16.5. The number of hydrogen-bond donors (Lipinski definition) is 2. The van der Waals surface area contributed by atoms with Crippen molar-refractivity contribution in [2.24, 2.45) is 5.41 Å². The van der Waals surface area contributed by atoms with Gasteiger partial charge >= 0.3 is 5.97 Å². The van der Waals surface area contributed by atoms with Gasteiger partial charge in [0, 0.05) is 18.7 Å². The zero-order chi connectivity index (χ0) is 19.6. The largest absolute Gasteiger partial charge is 0.481 e. The molecule has 7 nitrogen and oxygen atoms in total. The number of aliphatic hydroxyl groups is 1. The van der Waals surface area contributed by atoms with Gasteiger partial charge in [0.1, 0.15) is 5.41 Å². The lowest BCUT2D eigenvalue weighted by molar-refractivity contribution is -0.157. The van der Waals surface area contributed by atoms with Gasteiger partial charge < -0.3 is 19.6 Å². The summed E-state index contributed by atoms with van der Waals surface area (Å²) in [6.45, 7) is 0.560. The van der Waals surface area contributed by atoms with Crippen LogP contribution in [0.1, 0.15) is 12.0 Å². The Morgan fingerprint density at radius 3 is 2.50 bits per heavy atom. The van der Waals surface area contributed by atoms with Gasteiger partial charge in [0.05, 0.1) is 6.10 Å². The van der Waals surface area contributed by atoms with Crippen LogP contribution >= 0.6 is 0 Å². The van der Waals surface area contributed by atoms with Crippen molar-refractivity contribution < 1.29 is 19.5 Å². The van der Waals surface area contributed by atoms with E-state index in [9.17, 15) is 15.0 Å². The minimum Gasteiger partial charge on any atom is -0.481 e. The van der Waals surface area contributed by atoms with Crippen molar-refractivity contribution in [1.82, 2.24) is 10.1 Å². The van der Waals surface area contributed by atoms with Crippen LogP contribution in [-0.2, 0) is 11.2 Å². The summed E-state index contributed by atoms with van der Waals surface area (Å²) in [5.41, 5.74) is 0.323. The molecule has 1 fully saturated rings. The summed E-state index contributed by atoms with van der Waals surface area (Å²) in [5.74, 6) is -0.310. The number of rotatable bonds is 5. The number of carboxylic acid groups (broad SMARTS) is 1. The Labute approximate surface area is 162 Å². The molecule has 2 heterocycles. The van der Waals surface area contributed by atoms with Crippen LogP contribution in [0.15, 0.2) is 65.2 Å². The van der Waals surface area contributed by atoms with Crippen LogP contribution in [0.5, 0.6) is 0 Å². The minimum atomic E-state index is -1.34. The highest BCUT2D eigenvalue weighted by molar-refractivity contribution is 5.77. The van der Waals surface area contributed by atoms with E-state index in [1.54, 1.807) is 4.90 Å². The standard InChI is InChI=1S/C21H21N3O4/c25-17-11-12-24(20-22-18(28-23-20)16-9-5-2-6-10-16)14-21(17,19(26)27)13-15-7-3-1-4-8-15/h1-10,17,25H,11-14H2,(H,26,27)/t17-,21-/m1/s1. The third-order valence-corrected chi connectivity index (χ3v) is 5.29. The van der Waals surface area contributed by atoms with Crippen LogP contribution < -0.4 is 4.90 Å². The smallest absolute Gasteiger partial charge is 0.314 e. The van der Waals surface area contributed by atoms with E-state index in [-0.39, 0.29) is 13.0 Å². The van der Waals surface area contributed by atoms with E-state index in [2.05, 4.69) is 10.1 Å². The molecule has 4 rings (SSSR count). The maximum absolute atomic E-state index is 12.2. The number of benzene rings is 2. The number of aliphatic hydroxyl groups excluding tert-OH is 1. The average Bonchev–Trinajstić information content (AvgIpc) is 3.21. The quantitative estimate of drug-likeness (QED) is 0.703. The molecule has 1 aliphatic rings. The fourth-order valence-corrected chi connectivity index (χ4v) is 3.71. The van der Waals surface area contributed by atoms with Crippen molar-refractivity contribution in [3.63, 3.8) is 0 Å². The molecule has 3 aromatic rings. The van der Waals surface area contributed by atoms with Gasteiger partial charge in [0.25, 0.3) is 11.8 Å². The van der Waals surface area contributed by atoms with Gasteiger partial charge in [-0.3, -0.25) is 4.79 Å². The van der Waals surface area contributed by atoms with Gasteiger partial charge in [-0.2, -0.15) is 4.98 Å². The molecular weight excluding hydrogens is 358 g/mol. The maximum Gasteiger partial charge on any atom is 0.314 e. The summed E-state index contributed by atoms with van der Waals surface area (Å²) in [7, 11) is 0. The highest BCUT2D eigenvalue weighted by Gasteiger charge is 2.50. The Hall–Kier alpha value is -3.19. The molecule has 0 saturated carbocycles. The van der Waals surface area contributed by atoms with Crippen LogP contribution in [0.2, 0.25) is 0 Å². The monoisotopic (exact) mass is 379 g/mol. The zero-order valence-electron chi connectivity index (χ0n) is 15.2. The lowest BCUT2D eigenvalue weighted by Gasteiger charge is -2.43. The predicted molar refractivity (Wildman–Crippen MR) is 103 cm³/mol. The summed E-state index contributed by atoms with van der Waals surface area (Å²) in [5, 5.41) is 24.7. The zero-order valence-corrected chi connectivity index (χ0v) is 15.2. The van der Waals surface area contributed by atoms with E-state index < -0.39 is 17.5 Å². The van der Waals surface area contributed by atoms with Crippen molar-refractivity contribution in [2.45, 2.75) is 18.9 Å². The van der Waals surface area contributed by atoms with Gasteiger partial charge in [-0.05, 0) is 35.7 Å². The molecule has 0 radical (unpaired) electrons. The lowest BCUT2D eigenvalue weighted by Crippen LogP contribution is -2.57. The maximum atomic E-state index is 12.2. The molecule has 0 amide bonds. The van der Waals surface area contributed by atoms with E-state index >= 15 is 0 Å². The Balaban J connectivity index is 1.62. The molecule has 0 bridgehead atoms. The van der Waals surface area contributed by atoms with Gasteiger partial charge in [0.15, 0.2) is 0 Å². The molecule has 7 heteroatoms. The predicted octanol–water partition coefficient (Wildman–Crippen LogP) is 2.62. The molecule has 2 atom stereocenters. The summed E-state index contributed by atoms with van der Waals surface area (Å²) >= 11 is 0. The normalized spacial score (nSPS) is 22.2. The van der Waals surface area contributed by atoms with Gasteiger partial charge in [-0.25, -0.2) is 0 Å². The van der Waals surface area contributed by atoms with Crippen molar-refractivity contribution in [2.75, 3.05) is 18.0 Å². The number of aromatic nitrogens is 2. The molecule has 1 saturated heterocycles. The van der Waals surface area contributed by atoms with E-state index in [4.69, 9.17) is 4.52 Å². The molecule has 0 aliphatic carbocycles. The number of carbonyl (C=O) groups is 1. The fourth-order valence-electron chi connectivity index (χ4n) is 3.71. The Morgan fingerprint density at radius 1 is 1.14 bits per heavy atom. The topological polar surface area (TPSA) is 99.7 Å². The van der Waals surface area contributed by atoms with Crippen molar-refractivity contribution in [3.8, 4) is 11.5 Å². The molecule has 2 N–H and O–H groups in total. The number of anilines is 1. The van der Waals surface area contributed by atoms with Crippen LogP contribution in [0, 0.1) is 5.41 Å². The third kappa shape index (κ3) is 3.36. The van der Waals surface area contributed by atoms with Crippen molar-refractivity contribution >= 4 is 11.9 Å². The fraction of sp³-hybridized carbons (Fsp3) is 0.286. The van der Waals surface area contributed by atoms with E-state index in [0.29, 0.717) is 24.8 Å². The van der Waals surface area contributed by atoms with Crippen molar-refractivity contribution in [3.05, 3.63) is 66.2 Å². The first-order valence-electron chi connectivity index (χ1n) is 9.18. The molecular formula is C21H21N3O4.